The molecule has 0 radical (unpaired) electrons. The summed E-state index contributed by atoms with van der Waals surface area (Å²) in [5.74, 6) is 0.135. The molecule has 0 aromatic carbocycles. The molecule has 2 aliphatic carbocycles. The largest absolute Gasteiger partial charge is 0.359 e. The Morgan fingerprint density at radius 3 is 2.56 bits per heavy atom. The maximum Gasteiger partial charge on any atom is 0.248 e. The third-order valence-electron chi connectivity index (χ3n) is 7.43. The number of hydrogen-bond acceptors (Lipinski definition) is 6. The van der Waals surface area contributed by atoms with Crippen LogP contribution in [0.1, 0.15) is 78.4 Å². The van der Waals surface area contributed by atoms with Gasteiger partial charge in [-0.15, -0.1) is 0 Å². The smallest absolute Gasteiger partial charge is 0.248 e. The summed E-state index contributed by atoms with van der Waals surface area (Å²) in [6, 6.07) is 1.12. The number of aromatic nitrogens is 1. The van der Waals surface area contributed by atoms with Crippen LogP contribution in [-0.2, 0) is 19.8 Å². The van der Waals surface area contributed by atoms with E-state index in [1.165, 1.54) is 0 Å². The van der Waals surface area contributed by atoms with Crippen molar-refractivity contribution in [2.24, 2.45) is 16.7 Å². The van der Waals surface area contributed by atoms with Gasteiger partial charge >= 0.3 is 0 Å². The van der Waals surface area contributed by atoms with Crippen LogP contribution >= 0.6 is 0 Å². The minimum atomic E-state index is -0.824. The minimum absolute atomic E-state index is 0.00757. The van der Waals surface area contributed by atoms with Crippen molar-refractivity contribution < 1.29 is 24.1 Å². The van der Waals surface area contributed by atoms with Gasteiger partial charge < -0.3 is 14.7 Å². The number of hydroxylamine groups is 1. The molecule has 1 aliphatic heterocycles. The van der Waals surface area contributed by atoms with Crippen molar-refractivity contribution in [2.45, 2.75) is 84.1 Å². The third-order valence-corrected chi connectivity index (χ3v) is 7.43. The number of amides is 3. The highest BCUT2D eigenvalue weighted by atomic mass is 16.5. The first-order valence-electron chi connectivity index (χ1n) is 11.6. The summed E-state index contributed by atoms with van der Waals surface area (Å²) in [4.78, 5) is 40.6. The van der Waals surface area contributed by atoms with Crippen LogP contribution in [0, 0.1) is 16.7 Å². The average Bonchev–Trinajstić information content (AvgIpc) is 3.50. The Balaban J connectivity index is 1.53. The Morgan fingerprint density at radius 1 is 1.28 bits per heavy atom. The van der Waals surface area contributed by atoms with Crippen LogP contribution in [0.5, 0.6) is 0 Å². The van der Waals surface area contributed by atoms with E-state index in [4.69, 9.17) is 9.73 Å². The van der Waals surface area contributed by atoms with E-state index in [2.05, 4.69) is 17.4 Å². The molecule has 3 fully saturated rings. The van der Waals surface area contributed by atoms with Gasteiger partial charge in [-0.25, -0.2) is 5.48 Å². The molecule has 3 N–H and O–H groups in total. The van der Waals surface area contributed by atoms with Gasteiger partial charge in [0.15, 0.2) is 5.82 Å². The van der Waals surface area contributed by atoms with Gasteiger partial charge in [-0.1, -0.05) is 39.3 Å². The molecule has 0 bridgehead atoms. The van der Waals surface area contributed by atoms with Gasteiger partial charge in [0.05, 0.1) is 5.41 Å². The fourth-order valence-electron chi connectivity index (χ4n) is 5.21. The van der Waals surface area contributed by atoms with E-state index in [1.54, 1.807) is 16.4 Å². The van der Waals surface area contributed by atoms with Crippen LogP contribution in [0.4, 0.5) is 5.82 Å². The first-order chi connectivity index (χ1) is 15.0. The van der Waals surface area contributed by atoms with Crippen LogP contribution < -0.4 is 10.8 Å². The Labute approximate surface area is 188 Å². The first-order valence-corrected chi connectivity index (χ1v) is 11.6. The van der Waals surface area contributed by atoms with E-state index in [0.29, 0.717) is 31.0 Å². The molecule has 32 heavy (non-hydrogen) atoms. The summed E-state index contributed by atoms with van der Waals surface area (Å²) in [6.45, 7) is 8.58. The SMILES string of the molecule is CCCC1CC1(CC(=O)NO)C(=O)N1CC2(CC2)C[C@H]1C(=O)Nc1cc(C(C)(C)C)on1. The second-order valence-corrected chi connectivity index (χ2v) is 11.0. The highest BCUT2D eigenvalue weighted by Crippen LogP contribution is 2.61. The normalized spacial score (nSPS) is 28.0. The van der Waals surface area contributed by atoms with Crippen molar-refractivity contribution >= 4 is 23.5 Å². The predicted molar refractivity (Wildman–Crippen MR) is 116 cm³/mol. The number of likely N-dealkylation sites (tertiary alicyclic amines) is 1. The lowest BCUT2D eigenvalue weighted by Crippen LogP contribution is -2.47. The molecule has 1 spiro atoms. The number of anilines is 1. The van der Waals surface area contributed by atoms with Crippen LogP contribution in [0.15, 0.2) is 10.6 Å². The van der Waals surface area contributed by atoms with E-state index in [0.717, 1.165) is 25.7 Å². The van der Waals surface area contributed by atoms with Crippen molar-refractivity contribution in [1.29, 1.82) is 0 Å². The van der Waals surface area contributed by atoms with Crippen molar-refractivity contribution in [3.8, 4) is 0 Å². The highest BCUT2D eigenvalue weighted by Gasteiger charge is 2.65. The summed E-state index contributed by atoms with van der Waals surface area (Å²) >= 11 is 0. The van der Waals surface area contributed by atoms with Gasteiger partial charge in [-0.05, 0) is 43.4 Å². The molecule has 2 saturated carbocycles. The van der Waals surface area contributed by atoms with Gasteiger partial charge in [0.1, 0.15) is 11.8 Å². The Bertz CT molecular complexity index is 916. The Hall–Kier alpha value is -2.42. The van der Waals surface area contributed by atoms with Crippen molar-refractivity contribution in [3.63, 3.8) is 0 Å². The lowest BCUT2D eigenvalue weighted by atomic mass is 9.93. The first kappa shape index (κ1) is 22.8. The summed E-state index contributed by atoms with van der Waals surface area (Å²) < 4.78 is 5.37. The Kier molecular flexibility index (Phi) is 5.59. The van der Waals surface area contributed by atoms with E-state index in [9.17, 15) is 14.4 Å². The maximum absolute atomic E-state index is 13.7. The van der Waals surface area contributed by atoms with Crippen LogP contribution in [-0.4, -0.2) is 45.6 Å². The highest BCUT2D eigenvalue weighted by molar-refractivity contribution is 5.99. The number of rotatable bonds is 7. The van der Waals surface area contributed by atoms with E-state index in [1.807, 2.05) is 20.8 Å². The molecule has 176 valence electrons. The fraction of sp³-hybridized carbons (Fsp3) is 0.739. The third kappa shape index (κ3) is 4.14. The monoisotopic (exact) mass is 446 g/mol. The molecular formula is C23H34N4O5. The molecule has 2 heterocycles. The van der Waals surface area contributed by atoms with E-state index in [-0.39, 0.29) is 35.0 Å². The maximum atomic E-state index is 13.7. The number of nitrogens with zero attached hydrogens (tertiary/aromatic N) is 2. The van der Waals surface area contributed by atoms with E-state index >= 15 is 0 Å². The van der Waals surface area contributed by atoms with Gasteiger partial charge in [0.25, 0.3) is 0 Å². The molecule has 3 atom stereocenters. The lowest BCUT2D eigenvalue weighted by molar-refractivity contribution is -0.145. The number of carbonyl (C=O) groups excluding carboxylic acids is 3. The van der Waals surface area contributed by atoms with Crippen molar-refractivity contribution in [3.05, 3.63) is 11.8 Å². The zero-order chi connectivity index (χ0) is 23.3. The summed E-state index contributed by atoms with van der Waals surface area (Å²) in [5.41, 5.74) is 0.622. The van der Waals surface area contributed by atoms with Crippen molar-refractivity contribution in [1.82, 2.24) is 15.5 Å². The molecule has 4 rings (SSSR count). The number of nitrogens with one attached hydrogen (secondary N) is 2. The minimum Gasteiger partial charge on any atom is -0.359 e. The molecular weight excluding hydrogens is 412 g/mol. The second-order valence-electron chi connectivity index (χ2n) is 11.0. The predicted octanol–water partition coefficient (Wildman–Crippen LogP) is 2.99. The zero-order valence-electron chi connectivity index (χ0n) is 19.4. The topological polar surface area (TPSA) is 125 Å². The number of carbonyl (C=O) groups is 3. The van der Waals surface area contributed by atoms with Gasteiger partial charge in [0, 0.05) is 24.4 Å². The lowest BCUT2D eigenvalue weighted by Gasteiger charge is -2.28. The van der Waals surface area contributed by atoms with Crippen LogP contribution in [0.2, 0.25) is 0 Å². The van der Waals surface area contributed by atoms with Gasteiger partial charge in [-0.2, -0.15) is 0 Å². The molecule has 3 aliphatic rings. The zero-order valence-corrected chi connectivity index (χ0v) is 19.4. The summed E-state index contributed by atoms with van der Waals surface area (Å²) in [6.07, 6.45) is 4.94. The molecule has 9 heteroatoms. The summed E-state index contributed by atoms with van der Waals surface area (Å²) in [7, 11) is 0. The molecule has 1 aromatic heterocycles. The standard InChI is InChI=1S/C23H34N4O5/c1-5-6-14-10-23(14,12-18(28)25-31)20(30)27-13-22(7-8-22)11-15(27)19(29)24-17-9-16(32-26-17)21(2,3)4/h9,14-15,31H,5-8,10-13H2,1-4H3,(H,25,28)(H,24,26,29)/t14?,15-,23?/m0/s1. The van der Waals surface area contributed by atoms with Crippen LogP contribution in [0.25, 0.3) is 0 Å². The Morgan fingerprint density at radius 2 is 2.00 bits per heavy atom. The molecule has 1 aromatic rings. The molecule has 1 saturated heterocycles. The number of hydrogen-bond donors (Lipinski definition) is 3. The average molecular weight is 447 g/mol. The molecule has 2 unspecified atom stereocenters. The molecule has 9 nitrogen and oxygen atoms in total. The fourth-order valence-corrected chi connectivity index (χ4v) is 5.21. The van der Waals surface area contributed by atoms with Gasteiger partial charge in [-0.3, -0.25) is 19.6 Å². The van der Waals surface area contributed by atoms with Crippen LogP contribution in [0.3, 0.4) is 0 Å². The van der Waals surface area contributed by atoms with Crippen molar-refractivity contribution in [2.75, 3.05) is 11.9 Å². The quantitative estimate of drug-likeness (QED) is 0.437. The molecule has 3 amide bonds. The summed E-state index contributed by atoms with van der Waals surface area (Å²) in [5, 5.41) is 15.8. The second kappa shape index (κ2) is 7.86. The van der Waals surface area contributed by atoms with Gasteiger partial charge in [0.2, 0.25) is 17.7 Å². The van der Waals surface area contributed by atoms with E-state index < -0.39 is 17.4 Å².